The smallest absolute Gasteiger partial charge is 0.176 e. The van der Waals surface area contributed by atoms with E-state index < -0.39 is 0 Å². The van der Waals surface area contributed by atoms with Crippen molar-refractivity contribution >= 4 is 5.78 Å². The summed E-state index contributed by atoms with van der Waals surface area (Å²) in [5.74, 6) is 0.0360. The van der Waals surface area contributed by atoms with Crippen molar-refractivity contribution in [1.82, 2.24) is 14.8 Å². The lowest BCUT2D eigenvalue weighted by Crippen LogP contribution is -1.94. The summed E-state index contributed by atoms with van der Waals surface area (Å²) in [6.45, 7) is 1.55. The van der Waals surface area contributed by atoms with Gasteiger partial charge in [0, 0.05) is 37.5 Å². The molecule has 72 valence electrons. The Balaban J connectivity index is 2.51. The summed E-state index contributed by atoms with van der Waals surface area (Å²) in [4.78, 5) is 14.2. The summed E-state index contributed by atoms with van der Waals surface area (Å²) in [6.07, 6.45) is 5.39. The van der Waals surface area contributed by atoms with Crippen molar-refractivity contribution in [2.24, 2.45) is 7.05 Å². The van der Waals surface area contributed by atoms with E-state index in [4.69, 9.17) is 0 Å². The van der Waals surface area contributed by atoms with Gasteiger partial charge in [0.05, 0.1) is 11.9 Å². The summed E-state index contributed by atoms with van der Waals surface area (Å²) >= 11 is 0. The van der Waals surface area contributed by atoms with Gasteiger partial charge in [-0.05, 0) is 6.07 Å². The van der Waals surface area contributed by atoms with Gasteiger partial charge in [0.1, 0.15) is 0 Å². The van der Waals surface area contributed by atoms with E-state index in [2.05, 4.69) is 10.1 Å². The topological polar surface area (TPSA) is 50.7 Å². The van der Waals surface area contributed by atoms with Crippen molar-refractivity contribution in [3.63, 3.8) is 0 Å². The van der Waals surface area contributed by atoms with Crippen LogP contribution in [0.15, 0.2) is 24.7 Å². The first-order valence-electron chi connectivity index (χ1n) is 4.36. The van der Waals surface area contributed by atoms with Crippen LogP contribution in [0.2, 0.25) is 0 Å². The summed E-state index contributed by atoms with van der Waals surface area (Å²) in [7, 11) is 1.85. The highest BCUT2D eigenvalue weighted by Crippen LogP contribution is 2.22. The number of carbonyl (C=O) groups is 1. The van der Waals surface area contributed by atoms with E-state index in [0.29, 0.717) is 5.69 Å². The number of ketones is 1. The van der Waals surface area contributed by atoms with Crippen LogP contribution in [-0.4, -0.2) is 20.5 Å². The van der Waals surface area contributed by atoms with Crippen LogP contribution >= 0.6 is 0 Å². The molecule has 0 amide bonds. The quantitative estimate of drug-likeness (QED) is 0.730. The average Bonchev–Trinajstić information content (AvgIpc) is 2.70. The molecule has 0 atom stereocenters. The molecule has 0 radical (unpaired) electrons. The molecule has 0 saturated carbocycles. The Kier molecular flexibility index (Phi) is 1.96. The molecule has 0 fully saturated rings. The molecular formula is C10H11N3O. The summed E-state index contributed by atoms with van der Waals surface area (Å²) in [5, 5.41) is 4.06. The van der Waals surface area contributed by atoms with Gasteiger partial charge in [-0.1, -0.05) is 0 Å². The number of aromatic amines is 1. The fourth-order valence-electron chi connectivity index (χ4n) is 1.46. The first kappa shape index (κ1) is 8.74. The largest absolute Gasteiger partial charge is 0.358 e. The van der Waals surface area contributed by atoms with Gasteiger partial charge in [-0.3, -0.25) is 9.48 Å². The Hall–Kier alpha value is -1.84. The van der Waals surface area contributed by atoms with Crippen LogP contribution in [0.25, 0.3) is 11.1 Å². The van der Waals surface area contributed by atoms with Crippen LogP contribution in [0, 0.1) is 0 Å². The fourth-order valence-corrected chi connectivity index (χ4v) is 1.46. The molecule has 0 aliphatic carbocycles. The van der Waals surface area contributed by atoms with E-state index in [9.17, 15) is 4.79 Å². The minimum absolute atomic E-state index is 0.0360. The third-order valence-corrected chi connectivity index (χ3v) is 2.11. The number of nitrogens with one attached hydrogen (secondary N) is 1. The Morgan fingerprint density at radius 3 is 2.93 bits per heavy atom. The zero-order chi connectivity index (χ0) is 10.1. The number of hydrogen-bond donors (Lipinski definition) is 1. The van der Waals surface area contributed by atoms with Crippen molar-refractivity contribution in [3.8, 4) is 11.1 Å². The third kappa shape index (κ3) is 1.35. The Labute approximate surface area is 81.6 Å². The summed E-state index contributed by atoms with van der Waals surface area (Å²) < 4.78 is 1.71. The Morgan fingerprint density at radius 2 is 2.36 bits per heavy atom. The van der Waals surface area contributed by atoms with E-state index in [1.807, 2.05) is 19.3 Å². The highest BCUT2D eigenvalue weighted by Gasteiger charge is 2.10. The van der Waals surface area contributed by atoms with Gasteiger partial charge in [-0.2, -0.15) is 5.10 Å². The number of nitrogens with zero attached hydrogens (tertiary/aromatic N) is 2. The van der Waals surface area contributed by atoms with E-state index in [1.54, 1.807) is 24.0 Å². The average molecular weight is 189 g/mol. The van der Waals surface area contributed by atoms with E-state index in [0.717, 1.165) is 11.1 Å². The normalized spacial score (nSPS) is 10.4. The van der Waals surface area contributed by atoms with Gasteiger partial charge in [0.2, 0.25) is 0 Å². The van der Waals surface area contributed by atoms with Crippen LogP contribution in [0.3, 0.4) is 0 Å². The number of hydrogen-bond acceptors (Lipinski definition) is 2. The highest BCUT2D eigenvalue weighted by molar-refractivity contribution is 5.99. The van der Waals surface area contributed by atoms with Crippen LogP contribution in [0.4, 0.5) is 0 Å². The number of aryl methyl sites for hydroxylation is 1. The van der Waals surface area contributed by atoms with Gasteiger partial charge in [-0.15, -0.1) is 0 Å². The molecule has 0 aliphatic heterocycles. The molecule has 0 aromatic carbocycles. The van der Waals surface area contributed by atoms with E-state index >= 15 is 0 Å². The van der Waals surface area contributed by atoms with Gasteiger partial charge in [0.25, 0.3) is 0 Å². The molecule has 4 nitrogen and oxygen atoms in total. The predicted molar refractivity (Wildman–Crippen MR) is 53.0 cm³/mol. The maximum absolute atomic E-state index is 11.2. The summed E-state index contributed by atoms with van der Waals surface area (Å²) in [6, 6.07) is 1.88. The molecule has 14 heavy (non-hydrogen) atoms. The highest BCUT2D eigenvalue weighted by atomic mass is 16.1. The summed E-state index contributed by atoms with van der Waals surface area (Å²) in [5.41, 5.74) is 2.50. The molecule has 2 heterocycles. The molecule has 0 saturated heterocycles. The molecule has 4 heteroatoms. The van der Waals surface area contributed by atoms with Crippen LogP contribution in [0.5, 0.6) is 0 Å². The van der Waals surface area contributed by atoms with Crippen molar-refractivity contribution in [3.05, 3.63) is 30.4 Å². The van der Waals surface area contributed by atoms with Crippen molar-refractivity contribution in [2.75, 3.05) is 0 Å². The zero-order valence-corrected chi connectivity index (χ0v) is 8.11. The zero-order valence-electron chi connectivity index (χ0n) is 8.11. The molecule has 0 aliphatic rings. The first-order valence-corrected chi connectivity index (χ1v) is 4.36. The van der Waals surface area contributed by atoms with E-state index in [1.165, 1.54) is 0 Å². The second-order valence-corrected chi connectivity index (χ2v) is 3.23. The minimum atomic E-state index is 0.0360. The van der Waals surface area contributed by atoms with Crippen molar-refractivity contribution in [1.29, 1.82) is 0 Å². The fraction of sp³-hybridized carbons (Fsp3) is 0.200. The van der Waals surface area contributed by atoms with E-state index in [-0.39, 0.29) is 5.78 Å². The standard InChI is InChI=1S/C10H11N3O/c1-7(14)10-9(3-4-11-10)8-5-12-13(2)6-8/h3-6,11H,1-2H3. The molecule has 0 bridgehead atoms. The minimum Gasteiger partial charge on any atom is -0.358 e. The van der Waals surface area contributed by atoms with Crippen LogP contribution in [0.1, 0.15) is 17.4 Å². The maximum Gasteiger partial charge on any atom is 0.176 e. The van der Waals surface area contributed by atoms with Crippen LogP contribution in [-0.2, 0) is 7.05 Å². The van der Waals surface area contributed by atoms with Crippen molar-refractivity contribution < 1.29 is 4.79 Å². The second-order valence-electron chi connectivity index (χ2n) is 3.23. The lowest BCUT2D eigenvalue weighted by molar-refractivity contribution is 0.101. The molecule has 2 aromatic heterocycles. The van der Waals surface area contributed by atoms with Gasteiger partial charge >= 0.3 is 0 Å². The van der Waals surface area contributed by atoms with Gasteiger partial charge < -0.3 is 4.98 Å². The Morgan fingerprint density at radius 1 is 1.57 bits per heavy atom. The number of carbonyl (C=O) groups excluding carboxylic acids is 1. The van der Waals surface area contributed by atoms with Gasteiger partial charge in [-0.25, -0.2) is 0 Å². The molecule has 2 rings (SSSR count). The number of H-pyrrole nitrogens is 1. The predicted octanol–water partition coefficient (Wildman–Crippen LogP) is 1.62. The second kappa shape index (κ2) is 3.14. The maximum atomic E-state index is 11.2. The number of Topliss-reactive ketones (excluding diaryl/α,β-unsaturated/α-hetero) is 1. The SMILES string of the molecule is CC(=O)c1[nH]ccc1-c1cnn(C)c1. The monoisotopic (exact) mass is 189 g/mol. The molecule has 1 N–H and O–H groups in total. The first-order chi connectivity index (χ1) is 6.68. The molecular weight excluding hydrogens is 178 g/mol. The van der Waals surface area contributed by atoms with Crippen LogP contribution < -0.4 is 0 Å². The molecule has 2 aromatic rings. The number of aromatic nitrogens is 3. The van der Waals surface area contributed by atoms with Crippen molar-refractivity contribution in [2.45, 2.75) is 6.92 Å². The molecule has 0 unspecified atom stereocenters. The number of rotatable bonds is 2. The lowest BCUT2D eigenvalue weighted by atomic mass is 10.1. The molecule has 0 spiro atoms. The lowest BCUT2D eigenvalue weighted by Gasteiger charge is -1.95. The van der Waals surface area contributed by atoms with Gasteiger partial charge in [0.15, 0.2) is 5.78 Å². The third-order valence-electron chi connectivity index (χ3n) is 2.11. The Bertz CT molecular complexity index is 467.